The second kappa shape index (κ2) is 5.61. The van der Waals surface area contributed by atoms with Crippen molar-refractivity contribution in [3.8, 4) is 0 Å². The summed E-state index contributed by atoms with van der Waals surface area (Å²) in [5.41, 5.74) is 1.08. The molecular weight excluding hydrogens is 284 g/mol. The van der Waals surface area contributed by atoms with Crippen LogP contribution in [0.1, 0.15) is 39.0 Å². The molecule has 1 unspecified atom stereocenters. The monoisotopic (exact) mass is 308 g/mol. The number of para-hydroxylation sites is 1. The number of hydrogen-bond donors (Lipinski definition) is 2. The molecule has 1 aliphatic carbocycles. The lowest BCUT2D eigenvalue weighted by Crippen LogP contribution is -2.58. The highest BCUT2D eigenvalue weighted by molar-refractivity contribution is 7.91. The van der Waals surface area contributed by atoms with E-state index in [0.29, 0.717) is 16.5 Å². The zero-order valence-corrected chi connectivity index (χ0v) is 13.4. The molecular formula is C16H24N2O2S. The first-order valence-electron chi connectivity index (χ1n) is 7.88. The summed E-state index contributed by atoms with van der Waals surface area (Å²) < 4.78 is 24.4. The Kier molecular flexibility index (Phi) is 3.97. The minimum absolute atomic E-state index is 0.141. The fourth-order valence-electron chi connectivity index (χ4n) is 3.50. The van der Waals surface area contributed by atoms with E-state index < -0.39 is 9.84 Å². The van der Waals surface area contributed by atoms with Gasteiger partial charge in [0.25, 0.3) is 0 Å². The van der Waals surface area contributed by atoms with Crippen molar-refractivity contribution in [2.75, 3.05) is 17.6 Å². The lowest BCUT2D eigenvalue weighted by atomic mass is 9.70. The molecule has 0 aromatic heterocycles. The number of hydrogen-bond acceptors (Lipinski definition) is 4. The third-order valence-electron chi connectivity index (χ3n) is 4.90. The van der Waals surface area contributed by atoms with Crippen LogP contribution in [-0.2, 0) is 9.84 Å². The molecule has 2 N–H and O–H groups in total. The molecule has 0 radical (unpaired) electrons. The molecule has 3 rings (SSSR count). The molecule has 1 aliphatic heterocycles. The zero-order chi connectivity index (χ0) is 14.9. The summed E-state index contributed by atoms with van der Waals surface area (Å²) in [5.74, 6) is 0.141. The Morgan fingerprint density at radius 1 is 1.33 bits per heavy atom. The first-order valence-corrected chi connectivity index (χ1v) is 9.53. The van der Waals surface area contributed by atoms with Crippen LogP contribution in [-0.4, -0.2) is 32.3 Å². The highest BCUT2D eigenvalue weighted by Crippen LogP contribution is 2.39. The highest BCUT2D eigenvalue weighted by atomic mass is 32.2. The predicted molar refractivity (Wildman–Crippen MR) is 85.4 cm³/mol. The quantitative estimate of drug-likeness (QED) is 0.897. The van der Waals surface area contributed by atoms with E-state index in [1.54, 1.807) is 19.1 Å². The topological polar surface area (TPSA) is 58.2 Å². The van der Waals surface area contributed by atoms with E-state index in [2.05, 4.69) is 10.6 Å². The Hall–Kier alpha value is -1.07. The van der Waals surface area contributed by atoms with Gasteiger partial charge in [0, 0.05) is 11.6 Å². The Morgan fingerprint density at radius 3 is 2.76 bits per heavy atom. The van der Waals surface area contributed by atoms with Crippen molar-refractivity contribution >= 4 is 15.5 Å². The lowest BCUT2D eigenvalue weighted by molar-refractivity contribution is 0.135. The fourth-order valence-corrected chi connectivity index (χ4v) is 4.56. The minimum atomic E-state index is -3.18. The number of piperidine rings is 1. The van der Waals surface area contributed by atoms with Crippen LogP contribution in [0.2, 0.25) is 0 Å². The Bertz CT molecular complexity index is 608. The number of anilines is 1. The van der Waals surface area contributed by atoms with E-state index in [0.717, 1.165) is 25.1 Å². The van der Waals surface area contributed by atoms with Gasteiger partial charge in [-0.05, 0) is 50.8 Å². The van der Waals surface area contributed by atoms with Crippen molar-refractivity contribution < 1.29 is 8.42 Å². The smallest absolute Gasteiger partial charge is 0.180 e. The van der Waals surface area contributed by atoms with E-state index in [4.69, 9.17) is 0 Å². The van der Waals surface area contributed by atoms with Crippen molar-refractivity contribution in [2.24, 2.45) is 0 Å². The van der Waals surface area contributed by atoms with Crippen LogP contribution in [0.3, 0.4) is 0 Å². The summed E-state index contributed by atoms with van der Waals surface area (Å²) in [6.45, 7) is 2.71. The number of nitrogens with one attached hydrogen (secondary N) is 2. The van der Waals surface area contributed by atoms with Gasteiger partial charge in [0.2, 0.25) is 0 Å². The molecule has 1 atom stereocenters. The van der Waals surface area contributed by atoms with Crippen LogP contribution in [0.4, 0.5) is 5.69 Å². The van der Waals surface area contributed by atoms with Gasteiger partial charge in [-0.3, -0.25) is 0 Å². The number of rotatable bonds is 4. The van der Waals surface area contributed by atoms with Gasteiger partial charge < -0.3 is 10.6 Å². The third kappa shape index (κ3) is 2.94. The maximum Gasteiger partial charge on any atom is 0.180 e. The predicted octanol–water partition coefficient (Wildman–Crippen LogP) is 2.57. The van der Waals surface area contributed by atoms with Gasteiger partial charge in [-0.15, -0.1) is 0 Å². The average Bonchev–Trinajstić information content (AvgIpc) is 2.46. The molecule has 0 amide bonds. The van der Waals surface area contributed by atoms with Crippen LogP contribution in [0.15, 0.2) is 29.2 Å². The van der Waals surface area contributed by atoms with E-state index in [1.165, 1.54) is 19.3 Å². The number of sulfone groups is 1. The van der Waals surface area contributed by atoms with E-state index in [9.17, 15) is 8.42 Å². The Labute approximate surface area is 127 Å². The molecule has 1 saturated carbocycles. The summed E-state index contributed by atoms with van der Waals surface area (Å²) in [5, 5.41) is 7.14. The number of benzene rings is 1. The SMILES string of the molecule is CCS(=O)(=O)c1ccccc1NC1CCNC2(CCC2)C1. The van der Waals surface area contributed by atoms with Crippen molar-refractivity contribution in [3.63, 3.8) is 0 Å². The standard InChI is InChI=1S/C16H24N2O2S/c1-2-21(19,20)15-7-4-3-6-14(15)18-13-8-11-17-16(12-13)9-5-10-16/h3-4,6-7,13,17-18H,2,5,8-12H2,1H3. The van der Waals surface area contributed by atoms with Crippen LogP contribution in [0.5, 0.6) is 0 Å². The van der Waals surface area contributed by atoms with Crippen molar-refractivity contribution in [1.82, 2.24) is 5.32 Å². The molecule has 116 valence electrons. The molecule has 4 nitrogen and oxygen atoms in total. The van der Waals surface area contributed by atoms with Crippen molar-refractivity contribution in [3.05, 3.63) is 24.3 Å². The van der Waals surface area contributed by atoms with E-state index >= 15 is 0 Å². The van der Waals surface area contributed by atoms with Crippen molar-refractivity contribution in [1.29, 1.82) is 0 Å². The largest absolute Gasteiger partial charge is 0.381 e. The second-order valence-electron chi connectivity index (χ2n) is 6.29. The average molecular weight is 308 g/mol. The summed E-state index contributed by atoms with van der Waals surface area (Å²) in [7, 11) is -3.18. The van der Waals surface area contributed by atoms with Gasteiger partial charge in [0.05, 0.1) is 16.3 Å². The summed E-state index contributed by atoms with van der Waals surface area (Å²) >= 11 is 0. The summed E-state index contributed by atoms with van der Waals surface area (Å²) in [4.78, 5) is 0.439. The molecule has 21 heavy (non-hydrogen) atoms. The van der Waals surface area contributed by atoms with Crippen LogP contribution in [0.25, 0.3) is 0 Å². The van der Waals surface area contributed by atoms with Gasteiger partial charge in [0.1, 0.15) is 0 Å². The van der Waals surface area contributed by atoms with Crippen molar-refractivity contribution in [2.45, 2.75) is 55.5 Å². The van der Waals surface area contributed by atoms with Crippen LogP contribution < -0.4 is 10.6 Å². The lowest BCUT2D eigenvalue weighted by Gasteiger charge is -2.48. The van der Waals surface area contributed by atoms with Gasteiger partial charge in [0.15, 0.2) is 9.84 Å². The first kappa shape index (κ1) is 14.9. The van der Waals surface area contributed by atoms with Crippen LogP contribution >= 0.6 is 0 Å². The second-order valence-corrected chi connectivity index (χ2v) is 8.54. The highest BCUT2D eigenvalue weighted by Gasteiger charge is 2.41. The molecule has 1 saturated heterocycles. The van der Waals surface area contributed by atoms with Crippen LogP contribution in [0, 0.1) is 0 Å². The first-order chi connectivity index (χ1) is 10.0. The third-order valence-corrected chi connectivity index (χ3v) is 6.69. The maximum absolute atomic E-state index is 12.2. The van der Waals surface area contributed by atoms with Gasteiger partial charge in [-0.25, -0.2) is 8.42 Å². The minimum Gasteiger partial charge on any atom is -0.381 e. The molecule has 1 spiro atoms. The normalized spacial score (nSPS) is 24.5. The molecule has 2 fully saturated rings. The summed E-state index contributed by atoms with van der Waals surface area (Å²) in [6, 6.07) is 7.65. The van der Waals surface area contributed by atoms with E-state index in [1.807, 2.05) is 12.1 Å². The van der Waals surface area contributed by atoms with Gasteiger partial charge in [-0.1, -0.05) is 19.1 Å². The molecule has 2 aliphatic rings. The van der Waals surface area contributed by atoms with Gasteiger partial charge in [-0.2, -0.15) is 0 Å². The maximum atomic E-state index is 12.2. The molecule has 1 aromatic rings. The fraction of sp³-hybridized carbons (Fsp3) is 0.625. The van der Waals surface area contributed by atoms with E-state index in [-0.39, 0.29) is 5.75 Å². The Morgan fingerprint density at radius 2 is 2.10 bits per heavy atom. The molecule has 5 heteroatoms. The molecule has 1 aromatic carbocycles. The Balaban J connectivity index is 1.79. The molecule has 0 bridgehead atoms. The summed E-state index contributed by atoms with van der Waals surface area (Å²) in [6.07, 6.45) is 5.94. The molecule has 1 heterocycles. The van der Waals surface area contributed by atoms with Gasteiger partial charge >= 0.3 is 0 Å². The zero-order valence-electron chi connectivity index (χ0n) is 12.6.